The van der Waals surface area contributed by atoms with Crippen molar-refractivity contribution < 1.29 is 4.43 Å². The third-order valence-corrected chi connectivity index (χ3v) is 8.19. The van der Waals surface area contributed by atoms with Crippen molar-refractivity contribution >= 4 is 8.32 Å². The van der Waals surface area contributed by atoms with Crippen molar-refractivity contribution in [1.82, 2.24) is 0 Å². The van der Waals surface area contributed by atoms with Gasteiger partial charge in [0.25, 0.3) is 0 Å². The van der Waals surface area contributed by atoms with Crippen molar-refractivity contribution in [2.75, 3.05) is 6.61 Å². The van der Waals surface area contributed by atoms with Crippen molar-refractivity contribution in [2.45, 2.75) is 65.6 Å². The lowest BCUT2D eigenvalue weighted by Gasteiger charge is -2.36. The maximum atomic E-state index is 6.16. The van der Waals surface area contributed by atoms with Crippen molar-refractivity contribution in [3.05, 3.63) is 12.2 Å². The van der Waals surface area contributed by atoms with E-state index in [0.29, 0.717) is 5.04 Å². The molecule has 1 unspecified atom stereocenters. The van der Waals surface area contributed by atoms with E-state index < -0.39 is 8.32 Å². The predicted octanol–water partition coefficient (Wildman–Crippen LogP) is 5.00. The molecule has 0 aliphatic rings. The number of hydrogen-bond acceptors (Lipinski definition) is 1. The van der Waals surface area contributed by atoms with E-state index in [9.17, 15) is 0 Å². The normalized spacial score (nSPS) is 15.7. The Kier molecular flexibility index (Phi) is 6.57. The quantitative estimate of drug-likeness (QED) is 0.470. The molecule has 1 atom stereocenters. The molecule has 0 N–H and O–H groups in total. The second-order valence-electron chi connectivity index (χ2n) is 6.31. The van der Waals surface area contributed by atoms with E-state index in [1.165, 1.54) is 12.8 Å². The van der Waals surface area contributed by atoms with E-state index in [1.54, 1.807) is 0 Å². The molecule has 0 fully saturated rings. The van der Waals surface area contributed by atoms with Gasteiger partial charge in [-0.3, -0.25) is 0 Å². The van der Waals surface area contributed by atoms with Crippen molar-refractivity contribution in [2.24, 2.45) is 5.92 Å². The number of allylic oxidation sites excluding steroid dienone is 2. The minimum absolute atomic E-state index is 0.333. The zero-order valence-corrected chi connectivity index (χ0v) is 13.3. The molecule has 0 aromatic carbocycles. The van der Waals surface area contributed by atoms with Gasteiger partial charge in [0.1, 0.15) is 0 Å². The van der Waals surface area contributed by atoms with Crippen LogP contribution in [0.1, 0.15) is 47.5 Å². The summed E-state index contributed by atoms with van der Waals surface area (Å²) in [5.41, 5.74) is 0. The lowest BCUT2D eigenvalue weighted by Crippen LogP contribution is -2.41. The zero-order valence-electron chi connectivity index (χ0n) is 12.3. The standard InChI is InChI=1S/C14H30OSi/c1-8-9-10-13(2)11-12-15-16(6,7)14(3,4)5/h8-9,13H,10-12H2,1-7H3/b9-8+. The van der Waals surface area contributed by atoms with E-state index >= 15 is 0 Å². The molecular weight excluding hydrogens is 212 g/mol. The summed E-state index contributed by atoms with van der Waals surface area (Å²) in [7, 11) is -1.52. The fourth-order valence-electron chi connectivity index (χ4n) is 1.22. The highest BCUT2D eigenvalue weighted by Crippen LogP contribution is 2.36. The van der Waals surface area contributed by atoms with Gasteiger partial charge in [-0.15, -0.1) is 0 Å². The molecule has 2 heteroatoms. The molecule has 0 bridgehead atoms. The van der Waals surface area contributed by atoms with Gasteiger partial charge in [-0.05, 0) is 43.8 Å². The van der Waals surface area contributed by atoms with Gasteiger partial charge in [0, 0.05) is 6.61 Å². The molecule has 0 aliphatic heterocycles. The molecule has 96 valence electrons. The highest BCUT2D eigenvalue weighted by Gasteiger charge is 2.36. The van der Waals surface area contributed by atoms with Gasteiger partial charge in [0.15, 0.2) is 8.32 Å². The van der Waals surface area contributed by atoms with Crippen LogP contribution < -0.4 is 0 Å². The van der Waals surface area contributed by atoms with Gasteiger partial charge in [-0.25, -0.2) is 0 Å². The molecule has 16 heavy (non-hydrogen) atoms. The first kappa shape index (κ1) is 15.9. The van der Waals surface area contributed by atoms with Crippen LogP contribution in [0.2, 0.25) is 18.1 Å². The Morgan fingerprint density at radius 3 is 2.25 bits per heavy atom. The van der Waals surface area contributed by atoms with Crippen LogP contribution in [0.4, 0.5) is 0 Å². The van der Waals surface area contributed by atoms with Crippen LogP contribution in [0.3, 0.4) is 0 Å². The summed E-state index contributed by atoms with van der Waals surface area (Å²) in [5, 5.41) is 0.333. The van der Waals surface area contributed by atoms with Crippen molar-refractivity contribution in [1.29, 1.82) is 0 Å². The summed E-state index contributed by atoms with van der Waals surface area (Å²) >= 11 is 0. The van der Waals surface area contributed by atoms with Gasteiger partial charge in [0.2, 0.25) is 0 Å². The van der Waals surface area contributed by atoms with Crippen LogP contribution in [-0.4, -0.2) is 14.9 Å². The summed E-state index contributed by atoms with van der Waals surface area (Å²) < 4.78 is 6.16. The smallest absolute Gasteiger partial charge is 0.191 e. The van der Waals surface area contributed by atoms with E-state index in [2.05, 4.69) is 59.9 Å². The van der Waals surface area contributed by atoms with Gasteiger partial charge >= 0.3 is 0 Å². The average Bonchev–Trinajstić information content (AvgIpc) is 2.12. The van der Waals surface area contributed by atoms with Gasteiger partial charge in [0.05, 0.1) is 0 Å². The van der Waals surface area contributed by atoms with Crippen LogP contribution in [-0.2, 0) is 4.43 Å². The molecule has 0 spiro atoms. The fraction of sp³-hybridized carbons (Fsp3) is 0.857. The molecule has 0 radical (unpaired) electrons. The minimum atomic E-state index is -1.52. The summed E-state index contributed by atoms with van der Waals surface area (Å²) in [4.78, 5) is 0. The van der Waals surface area contributed by atoms with Crippen LogP contribution in [0.5, 0.6) is 0 Å². The topological polar surface area (TPSA) is 9.23 Å². The molecule has 0 aliphatic carbocycles. The first-order valence-corrected chi connectivity index (χ1v) is 9.36. The summed E-state index contributed by atoms with van der Waals surface area (Å²) in [6.45, 7) is 16.8. The molecule has 0 heterocycles. The third-order valence-electron chi connectivity index (χ3n) is 3.65. The first-order valence-electron chi connectivity index (χ1n) is 6.46. The summed E-state index contributed by atoms with van der Waals surface area (Å²) in [6.07, 6.45) is 6.73. The highest BCUT2D eigenvalue weighted by atomic mass is 28.4. The SMILES string of the molecule is C/C=C/CC(C)CCO[Si](C)(C)C(C)(C)C. The third kappa shape index (κ3) is 5.85. The Balaban J connectivity index is 3.90. The van der Waals surface area contributed by atoms with E-state index in [1.807, 2.05) is 0 Å². The maximum absolute atomic E-state index is 6.16. The zero-order chi connectivity index (χ0) is 12.8. The van der Waals surface area contributed by atoms with E-state index in [0.717, 1.165) is 12.5 Å². The number of hydrogen-bond donors (Lipinski definition) is 0. The summed E-state index contributed by atoms with van der Waals surface area (Å²) in [5.74, 6) is 0.737. The lowest BCUT2D eigenvalue weighted by atomic mass is 10.0. The predicted molar refractivity (Wildman–Crippen MR) is 76.4 cm³/mol. The van der Waals surface area contributed by atoms with Crippen molar-refractivity contribution in [3.8, 4) is 0 Å². The van der Waals surface area contributed by atoms with Crippen LogP contribution in [0.15, 0.2) is 12.2 Å². The van der Waals surface area contributed by atoms with Crippen LogP contribution in [0, 0.1) is 5.92 Å². The largest absolute Gasteiger partial charge is 0.417 e. The first-order chi connectivity index (χ1) is 7.20. The minimum Gasteiger partial charge on any atom is -0.417 e. The van der Waals surface area contributed by atoms with Gasteiger partial charge in [-0.1, -0.05) is 39.8 Å². The molecule has 0 aromatic rings. The van der Waals surface area contributed by atoms with E-state index in [-0.39, 0.29) is 0 Å². The molecule has 1 nitrogen and oxygen atoms in total. The van der Waals surface area contributed by atoms with Crippen molar-refractivity contribution in [3.63, 3.8) is 0 Å². The van der Waals surface area contributed by atoms with E-state index in [4.69, 9.17) is 4.43 Å². The average molecular weight is 242 g/mol. The molecule has 0 saturated heterocycles. The molecule has 0 saturated carbocycles. The summed E-state index contributed by atoms with van der Waals surface area (Å²) in [6, 6.07) is 0. The monoisotopic (exact) mass is 242 g/mol. The molecule has 0 amide bonds. The molecule has 0 aromatic heterocycles. The van der Waals surface area contributed by atoms with Gasteiger partial charge in [-0.2, -0.15) is 0 Å². The van der Waals surface area contributed by atoms with Gasteiger partial charge < -0.3 is 4.43 Å². The second-order valence-corrected chi connectivity index (χ2v) is 11.1. The number of rotatable bonds is 6. The molecule has 0 rings (SSSR count). The second kappa shape index (κ2) is 6.60. The van der Waals surface area contributed by atoms with Crippen LogP contribution >= 0.6 is 0 Å². The Morgan fingerprint density at radius 2 is 1.81 bits per heavy atom. The van der Waals surface area contributed by atoms with Crippen LogP contribution in [0.25, 0.3) is 0 Å². The Labute approximate surface area is 103 Å². The Morgan fingerprint density at radius 1 is 1.25 bits per heavy atom. The Hall–Kier alpha value is -0.0831. The highest BCUT2D eigenvalue weighted by molar-refractivity contribution is 6.74. The molecular formula is C14H30OSi. The maximum Gasteiger partial charge on any atom is 0.191 e. The Bertz CT molecular complexity index is 213. The lowest BCUT2D eigenvalue weighted by molar-refractivity contribution is 0.260. The fourth-order valence-corrected chi connectivity index (χ4v) is 2.28.